The number of thioether (sulfide) groups is 1. The molecule has 2 rings (SSSR count). The summed E-state index contributed by atoms with van der Waals surface area (Å²) in [6.45, 7) is 3.76. The summed E-state index contributed by atoms with van der Waals surface area (Å²) in [6.07, 6.45) is 3.05. The lowest BCUT2D eigenvalue weighted by atomic mass is 10.3. The van der Waals surface area contributed by atoms with Crippen molar-refractivity contribution in [3.63, 3.8) is 0 Å². The number of thiazole rings is 1. The van der Waals surface area contributed by atoms with Gasteiger partial charge in [0.2, 0.25) is 0 Å². The molecule has 0 unspecified atom stereocenters. The molecule has 0 spiro atoms. The summed E-state index contributed by atoms with van der Waals surface area (Å²) < 4.78 is 5.68. The molecule has 0 saturated heterocycles. The molecular weight excluding hydrogens is 264 g/mol. The Bertz CT molecular complexity index is 479. The van der Waals surface area contributed by atoms with E-state index in [1.54, 1.807) is 23.1 Å². The Morgan fingerprint density at radius 2 is 2.22 bits per heavy atom. The summed E-state index contributed by atoms with van der Waals surface area (Å²) in [5.74, 6) is 3.00. The Labute approximate surface area is 116 Å². The van der Waals surface area contributed by atoms with Crippen LogP contribution >= 0.6 is 23.1 Å². The Morgan fingerprint density at radius 1 is 1.39 bits per heavy atom. The SMILES string of the molecule is CSCc1ccc(CNCCc2csc(C)n2)o1. The number of hydrogen-bond acceptors (Lipinski definition) is 5. The molecule has 0 amide bonds. The molecular formula is C13H18N2OS2. The lowest BCUT2D eigenvalue weighted by Gasteiger charge is -2.00. The van der Waals surface area contributed by atoms with E-state index in [0.717, 1.165) is 41.8 Å². The van der Waals surface area contributed by atoms with Crippen LogP contribution in [0.5, 0.6) is 0 Å². The van der Waals surface area contributed by atoms with Crippen LogP contribution in [0.1, 0.15) is 22.2 Å². The van der Waals surface area contributed by atoms with Gasteiger partial charge in [-0.2, -0.15) is 11.8 Å². The zero-order chi connectivity index (χ0) is 12.8. The lowest BCUT2D eigenvalue weighted by Crippen LogP contribution is -2.16. The summed E-state index contributed by atoms with van der Waals surface area (Å²) in [6, 6.07) is 4.10. The second-order valence-corrected chi connectivity index (χ2v) is 6.01. The summed E-state index contributed by atoms with van der Waals surface area (Å²) in [7, 11) is 0. The minimum absolute atomic E-state index is 0.789. The van der Waals surface area contributed by atoms with Crippen LogP contribution in [0, 0.1) is 6.92 Å². The molecule has 0 aromatic carbocycles. The topological polar surface area (TPSA) is 38.1 Å². The molecule has 5 heteroatoms. The number of hydrogen-bond donors (Lipinski definition) is 1. The second-order valence-electron chi connectivity index (χ2n) is 4.09. The number of nitrogens with zero attached hydrogens (tertiary/aromatic N) is 1. The summed E-state index contributed by atoms with van der Waals surface area (Å²) in [5, 5.41) is 6.64. The van der Waals surface area contributed by atoms with Gasteiger partial charge in [0.1, 0.15) is 11.5 Å². The van der Waals surface area contributed by atoms with Gasteiger partial charge in [-0.15, -0.1) is 11.3 Å². The highest BCUT2D eigenvalue weighted by molar-refractivity contribution is 7.97. The number of aromatic nitrogens is 1. The maximum Gasteiger partial charge on any atom is 0.117 e. The minimum atomic E-state index is 0.789. The number of rotatable bonds is 7. The molecule has 0 fully saturated rings. The van der Waals surface area contributed by atoms with Gasteiger partial charge >= 0.3 is 0 Å². The maximum absolute atomic E-state index is 5.68. The fourth-order valence-electron chi connectivity index (χ4n) is 1.69. The molecule has 0 atom stereocenters. The molecule has 2 aromatic heterocycles. The lowest BCUT2D eigenvalue weighted by molar-refractivity contribution is 0.460. The number of aryl methyl sites for hydroxylation is 1. The van der Waals surface area contributed by atoms with Gasteiger partial charge < -0.3 is 9.73 Å². The molecule has 0 bridgehead atoms. The van der Waals surface area contributed by atoms with Gasteiger partial charge in [-0.25, -0.2) is 4.98 Å². The van der Waals surface area contributed by atoms with Crippen LogP contribution in [0.3, 0.4) is 0 Å². The van der Waals surface area contributed by atoms with Crippen LogP contribution in [-0.2, 0) is 18.7 Å². The Morgan fingerprint density at radius 3 is 2.94 bits per heavy atom. The van der Waals surface area contributed by atoms with E-state index in [0.29, 0.717) is 0 Å². The highest BCUT2D eigenvalue weighted by atomic mass is 32.2. The van der Waals surface area contributed by atoms with Gasteiger partial charge in [0.25, 0.3) is 0 Å². The average molecular weight is 282 g/mol. The van der Waals surface area contributed by atoms with Crippen molar-refractivity contribution in [2.45, 2.75) is 25.6 Å². The van der Waals surface area contributed by atoms with Gasteiger partial charge in [0.15, 0.2) is 0 Å². The molecule has 0 aliphatic rings. The summed E-state index contributed by atoms with van der Waals surface area (Å²) >= 11 is 3.48. The largest absolute Gasteiger partial charge is 0.464 e. The summed E-state index contributed by atoms with van der Waals surface area (Å²) in [4.78, 5) is 4.44. The maximum atomic E-state index is 5.68. The first-order valence-corrected chi connectivity index (χ1v) is 8.23. The average Bonchev–Trinajstić information content (AvgIpc) is 2.95. The molecule has 1 N–H and O–H groups in total. The van der Waals surface area contributed by atoms with Crippen molar-refractivity contribution in [2.75, 3.05) is 12.8 Å². The fourth-order valence-corrected chi connectivity index (χ4v) is 2.78. The van der Waals surface area contributed by atoms with Crippen LogP contribution in [0.4, 0.5) is 0 Å². The van der Waals surface area contributed by atoms with Gasteiger partial charge in [0.05, 0.1) is 23.0 Å². The fraction of sp³-hybridized carbons (Fsp3) is 0.462. The number of nitrogens with one attached hydrogen (secondary N) is 1. The normalized spacial score (nSPS) is 11.0. The Kier molecular flexibility index (Phi) is 5.28. The van der Waals surface area contributed by atoms with E-state index in [2.05, 4.69) is 28.0 Å². The minimum Gasteiger partial charge on any atom is -0.464 e. The Balaban J connectivity index is 1.68. The smallest absolute Gasteiger partial charge is 0.117 e. The van der Waals surface area contributed by atoms with E-state index < -0.39 is 0 Å². The van der Waals surface area contributed by atoms with Crippen molar-refractivity contribution >= 4 is 23.1 Å². The van der Waals surface area contributed by atoms with Gasteiger partial charge in [-0.3, -0.25) is 0 Å². The van der Waals surface area contributed by atoms with Crippen LogP contribution in [0.2, 0.25) is 0 Å². The van der Waals surface area contributed by atoms with E-state index >= 15 is 0 Å². The molecule has 2 heterocycles. The standard InChI is InChI=1S/C13H18N2OS2/c1-10-15-11(8-18-10)5-6-14-7-12-3-4-13(16-12)9-17-2/h3-4,8,14H,5-7,9H2,1-2H3. The van der Waals surface area contributed by atoms with Gasteiger partial charge in [0, 0.05) is 18.3 Å². The van der Waals surface area contributed by atoms with Crippen LogP contribution in [0.15, 0.2) is 21.9 Å². The van der Waals surface area contributed by atoms with Crippen LogP contribution in [-0.4, -0.2) is 17.8 Å². The highest BCUT2D eigenvalue weighted by Gasteiger charge is 2.02. The molecule has 0 radical (unpaired) electrons. The molecule has 0 aliphatic carbocycles. The van der Waals surface area contributed by atoms with E-state index in [1.807, 2.05) is 13.0 Å². The van der Waals surface area contributed by atoms with Crippen molar-refractivity contribution in [2.24, 2.45) is 0 Å². The van der Waals surface area contributed by atoms with Crippen molar-refractivity contribution in [3.8, 4) is 0 Å². The first-order valence-electron chi connectivity index (χ1n) is 5.96. The monoisotopic (exact) mass is 282 g/mol. The van der Waals surface area contributed by atoms with Crippen molar-refractivity contribution in [1.29, 1.82) is 0 Å². The zero-order valence-electron chi connectivity index (χ0n) is 10.7. The summed E-state index contributed by atoms with van der Waals surface area (Å²) in [5.41, 5.74) is 1.17. The van der Waals surface area contributed by atoms with Gasteiger partial charge in [-0.05, 0) is 25.3 Å². The highest BCUT2D eigenvalue weighted by Crippen LogP contribution is 2.13. The quantitative estimate of drug-likeness (QED) is 0.791. The van der Waals surface area contributed by atoms with Crippen molar-refractivity contribution in [3.05, 3.63) is 39.7 Å². The zero-order valence-corrected chi connectivity index (χ0v) is 12.4. The molecule has 0 aliphatic heterocycles. The third kappa shape index (κ3) is 4.15. The molecule has 3 nitrogen and oxygen atoms in total. The molecule has 18 heavy (non-hydrogen) atoms. The number of furan rings is 1. The first-order chi connectivity index (χ1) is 8.78. The van der Waals surface area contributed by atoms with E-state index in [4.69, 9.17) is 4.42 Å². The van der Waals surface area contributed by atoms with Crippen molar-refractivity contribution < 1.29 is 4.42 Å². The van der Waals surface area contributed by atoms with Gasteiger partial charge in [-0.1, -0.05) is 0 Å². The third-order valence-corrected chi connectivity index (χ3v) is 3.92. The van der Waals surface area contributed by atoms with E-state index in [-0.39, 0.29) is 0 Å². The molecule has 2 aromatic rings. The molecule has 0 saturated carbocycles. The second kappa shape index (κ2) is 6.97. The van der Waals surface area contributed by atoms with Crippen LogP contribution in [0.25, 0.3) is 0 Å². The molecule has 98 valence electrons. The third-order valence-electron chi connectivity index (χ3n) is 2.53. The first kappa shape index (κ1) is 13.6. The predicted molar refractivity (Wildman–Crippen MR) is 78.2 cm³/mol. The van der Waals surface area contributed by atoms with Crippen molar-refractivity contribution in [1.82, 2.24) is 10.3 Å². The van der Waals surface area contributed by atoms with E-state index in [1.165, 1.54) is 5.69 Å². The predicted octanol–water partition coefficient (Wildman–Crippen LogP) is 3.24. The Hall–Kier alpha value is -0.780. The van der Waals surface area contributed by atoms with E-state index in [9.17, 15) is 0 Å². The van der Waals surface area contributed by atoms with Crippen LogP contribution < -0.4 is 5.32 Å².